The van der Waals surface area contributed by atoms with Crippen molar-refractivity contribution in [3.05, 3.63) is 64.7 Å². The zero-order valence-corrected chi connectivity index (χ0v) is 22.4. The van der Waals surface area contributed by atoms with Crippen molar-refractivity contribution < 1.29 is 14.2 Å². The van der Waals surface area contributed by atoms with Crippen LogP contribution in [-0.2, 0) is 29.2 Å². The smallest absolute Gasteiger partial charge is 0.191 e. The van der Waals surface area contributed by atoms with Gasteiger partial charge in [0.25, 0.3) is 0 Å². The number of benzene rings is 2. The van der Waals surface area contributed by atoms with Gasteiger partial charge in [-0.05, 0) is 48.9 Å². The molecule has 0 aliphatic carbocycles. The molecule has 0 amide bonds. The molecule has 3 rings (SSSR count). The lowest BCUT2D eigenvalue weighted by atomic mass is 10.1. The van der Waals surface area contributed by atoms with Crippen molar-refractivity contribution in [2.24, 2.45) is 4.99 Å². The van der Waals surface area contributed by atoms with Gasteiger partial charge in [0.1, 0.15) is 5.75 Å². The van der Waals surface area contributed by atoms with Crippen molar-refractivity contribution in [3.8, 4) is 5.75 Å². The second kappa shape index (κ2) is 15.1. The first-order valence-corrected chi connectivity index (χ1v) is 11.6. The highest BCUT2D eigenvalue weighted by Gasteiger charge is 2.14. The molecule has 1 aliphatic heterocycles. The number of nitrogens with one attached hydrogen (secondary N) is 2. The zero-order valence-electron chi connectivity index (χ0n) is 20.1. The van der Waals surface area contributed by atoms with E-state index in [-0.39, 0.29) is 24.0 Å². The third-order valence-corrected chi connectivity index (χ3v) is 5.49. The predicted octanol–water partition coefficient (Wildman–Crippen LogP) is 4.96. The molecule has 1 saturated heterocycles. The fourth-order valence-electron chi connectivity index (χ4n) is 3.55. The first-order valence-electron chi connectivity index (χ1n) is 11.6. The Bertz CT molecular complexity index is 852. The summed E-state index contributed by atoms with van der Waals surface area (Å²) in [6, 6.07) is 14.9. The molecule has 0 spiro atoms. The molecule has 0 bridgehead atoms. The third-order valence-electron chi connectivity index (χ3n) is 5.49. The van der Waals surface area contributed by atoms with E-state index in [1.54, 1.807) is 7.05 Å². The van der Waals surface area contributed by atoms with E-state index in [1.807, 2.05) is 0 Å². The number of hydrogen-bond acceptors (Lipinski definition) is 4. The molecule has 7 heteroatoms. The molecule has 2 aromatic carbocycles. The summed E-state index contributed by atoms with van der Waals surface area (Å²) in [6.07, 6.45) is 3.29. The second-order valence-corrected chi connectivity index (χ2v) is 8.18. The Morgan fingerprint density at radius 1 is 1.03 bits per heavy atom. The van der Waals surface area contributed by atoms with Gasteiger partial charge in [0.2, 0.25) is 0 Å². The van der Waals surface area contributed by atoms with Crippen LogP contribution in [0.4, 0.5) is 0 Å². The normalized spacial score (nSPS) is 14.5. The van der Waals surface area contributed by atoms with Crippen LogP contribution in [-0.4, -0.2) is 38.9 Å². The maximum atomic E-state index is 6.00. The van der Waals surface area contributed by atoms with E-state index in [4.69, 9.17) is 14.2 Å². The summed E-state index contributed by atoms with van der Waals surface area (Å²) >= 11 is 0. The summed E-state index contributed by atoms with van der Waals surface area (Å²) in [5, 5.41) is 6.78. The number of aryl methyl sites for hydroxylation is 1. The highest BCUT2D eigenvalue weighted by Crippen LogP contribution is 2.20. The van der Waals surface area contributed by atoms with Crippen molar-refractivity contribution in [2.45, 2.75) is 58.9 Å². The number of guanidine groups is 1. The van der Waals surface area contributed by atoms with E-state index in [1.165, 1.54) is 16.7 Å². The molecule has 182 valence electrons. The van der Waals surface area contributed by atoms with Crippen LogP contribution < -0.4 is 15.4 Å². The Labute approximate surface area is 215 Å². The molecule has 2 N–H and O–H groups in total. The minimum Gasteiger partial charge on any atom is -0.493 e. The summed E-state index contributed by atoms with van der Waals surface area (Å²) in [5.74, 6) is 1.70. The Morgan fingerprint density at radius 2 is 1.73 bits per heavy atom. The highest BCUT2D eigenvalue weighted by atomic mass is 127. The molecule has 0 saturated carbocycles. The van der Waals surface area contributed by atoms with Gasteiger partial charge in [0, 0.05) is 38.9 Å². The number of nitrogens with zero attached hydrogens (tertiary/aromatic N) is 1. The molecule has 6 nitrogen and oxygen atoms in total. The lowest BCUT2D eigenvalue weighted by Gasteiger charge is -2.22. The van der Waals surface area contributed by atoms with E-state index in [9.17, 15) is 0 Å². The first-order chi connectivity index (χ1) is 15.7. The van der Waals surface area contributed by atoms with Gasteiger partial charge >= 0.3 is 0 Å². The standard InChI is InChI=1S/C26H37N3O3.HI/c1-4-13-31-25-16-20(2)5-10-23(25)18-29-26(27-3)28-17-21-6-8-22(9-7-21)19-32-24-11-14-30-15-12-24;/h5-10,16,24H,4,11-15,17-19H2,1-3H3,(H2,27,28,29);1H. The van der Waals surface area contributed by atoms with Gasteiger partial charge in [-0.3, -0.25) is 4.99 Å². The highest BCUT2D eigenvalue weighted by molar-refractivity contribution is 14.0. The molecule has 0 atom stereocenters. The Balaban J connectivity index is 0.00000385. The molecular formula is C26H38IN3O3. The molecule has 1 aliphatic rings. The molecule has 2 aromatic rings. The number of rotatable bonds is 10. The van der Waals surface area contributed by atoms with Gasteiger partial charge in [-0.2, -0.15) is 0 Å². The molecule has 33 heavy (non-hydrogen) atoms. The average Bonchev–Trinajstić information content (AvgIpc) is 2.83. The summed E-state index contributed by atoms with van der Waals surface area (Å²) in [7, 11) is 1.79. The van der Waals surface area contributed by atoms with E-state index in [0.717, 1.165) is 56.4 Å². The number of hydrogen-bond donors (Lipinski definition) is 2. The van der Waals surface area contributed by atoms with Crippen molar-refractivity contribution >= 4 is 29.9 Å². The number of aliphatic imine (C=N–C) groups is 1. The maximum Gasteiger partial charge on any atom is 0.191 e. The number of ether oxygens (including phenoxy) is 3. The zero-order chi connectivity index (χ0) is 22.6. The summed E-state index contributed by atoms with van der Waals surface area (Å²) in [5.41, 5.74) is 4.72. The van der Waals surface area contributed by atoms with Crippen LogP contribution in [0.1, 0.15) is 48.4 Å². The van der Waals surface area contributed by atoms with Crippen LogP contribution in [0.15, 0.2) is 47.5 Å². The Morgan fingerprint density at radius 3 is 2.42 bits per heavy atom. The van der Waals surface area contributed by atoms with Crippen LogP contribution in [0.2, 0.25) is 0 Å². The lowest BCUT2D eigenvalue weighted by molar-refractivity contribution is -0.0390. The maximum absolute atomic E-state index is 6.00. The minimum atomic E-state index is 0. The minimum absolute atomic E-state index is 0. The monoisotopic (exact) mass is 567 g/mol. The third kappa shape index (κ3) is 9.51. The Hall–Kier alpha value is -1.84. The van der Waals surface area contributed by atoms with Crippen molar-refractivity contribution in [1.29, 1.82) is 0 Å². The first kappa shape index (κ1) is 27.4. The van der Waals surface area contributed by atoms with Gasteiger partial charge in [0.15, 0.2) is 5.96 Å². The lowest BCUT2D eigenvalue weighted by Crippen LogP contribution is -2.36. The van der Waals surface area contributed by atoms with Gasteiger partial charge < -0.3 is 24.8 Å². The molecule has 1 fully saturated rings. The molecule has 0 unspecified atom stereocenters. The molecular weight excluding hydrogens is 529 g/mol. The van der Waals surface area contributed by atoms with Crippen molar-refractivity contribution in [2.75, 3.05) is 26.9 Å². The van der Waals surface area contributed by atoms with Crippen LogP contribution in [0.3, 0.4) is 0 Å². The summed E-state index contributed by atoms with van der Waals surface area (Å²) < 4.78 is 17.3. The van der Waals surface area contributed by atoms with Crippen molar-refractivity contribution in [3.63, 3.8) is 0 Å². The van der Waals surface area contributed by atoms with E-state index >= 15 is 0 Å². The van der Waals surface area contributed by atoms with Crippen LogP contribution in [0.25, 0.3) is 0 Å². The van der Waals surface area contributed by atoms with Crippen LogP contribution in [0.5, 0.6) is 5.75 Å². The van der Waals surface area contributed by atoms with Gasteiger partial charge in [-0.15, -0.1) is 24.0 Å². The SMILES string of the molecule is CCCOc1cc(C)ccc1CNC(=NC)NCc1ccc(COC2CCOCC2)cc1.I. The summed E-state index contributed by atoms with van der Waals surface area (Å²) in [6.45, 7) is 8.54. The fraction of sp³-hybridized carbons (Fsp3) is 0.500. The topological polar surface area (TPSA) is 64.1 Å². The van der Waals surface area contributed by atoms with E-state index in [0.29, 0.717) is 25.8 Å². The van der Waals surface area contributed by atoms with Crippen LogP contribution in [0, 0.1) is 6.92 Å². The summed E-state index contributed by atoms with van der Waals surface area (Å²) in [4.78, 5) is 4.35. The van der Waals surface area contributed by atoms with E-state index in [2.05, 4.69) is 71.9 Å². The van der Waals surface area contributed by atoms with Gasteiger partial charge in [0.05, 0.1) is 19.3 Å². The van der Waals surface area contributed by atoms with Crippen molar-refractivity contribution in [1.82, 2.24) is 10.6 Å². The molecule has 0 aromatic heterocycles. The molecule has 0 radical (unpaired) electrons. The van der Waals surface area contributed by atoms with Crippen LogP contribution >= 0.6 is 24.0 Å². The number of halogens is 1. The van der Waals surface area contributed by atoms with Gasteiger partial charge in [-0.1, -0.05) is 43.3 Å². The second-order valence-electron chi connectivity index (χ2n) is 8.18. The van der Waals surface area contributed by atoms with Gasteiger partial charge in [-0.25, -0.2) is 0 Å². The average molecular weight is 568 g/mol. The molecule has 1 heterocycles. The Kier molecular flexibility index (Phi) is 12.6. The predicted molar refractivity (Wildman–Crippen MR) is 144 cm³/mol. The largest absolute Gasteiger partial charge is 0.493 e. The fourth-order valence-corrected chi connectivity index (χ4v) is 3.55. The quantitative estimate of drug-likeness (QED) is 0.242. The van der Waals surface area contributed by atoms with E-state index < -0.39 is 0 Å².